The van der Waals surface area contributed by atoms with Gasteiger partial charge in [-0.15, -0.1) is 16.7 Å². The summed E-state index contributed by atoms with van der Waals surface area (Å²) in [5.74, 6) is 0.595. The molecule has 0 spiro atoms. The van der Waals surface area contributed by atoms with Crippen molar-refractivity contribution in [2.45, 2.75) is 32.2 Å². The average Bonchev–Trinajstić information content (AvgIpc) is 2.98. The maximum absolute atomic E-state index is 5.69. The van der Waals surface area contributed by atoms with E-state index in [0.29, 0.717) is 5.88 Å². The van der Waals surface area contributed by atoms with Gasteiger partial charge < -0.3 is 0 Å². The van der Waals surface area contributed by atoms with Crippen LogP contribution in [0.2, 0.25) is 0 Å². The Morgan fingerprint density at radius 3 is 3.00 bits per heavy atom. The van der Waals surface area contributed by atoms with Gasteiger partial charge in [-0.3, -0.25) is 0 Å². The van der Waals surface area contributed by atoms with Crippen molar-refractivity contribution in [1.29, 1.82) is 0 Å². The summed E-state index contributed by atoms with van der Waals surface area (Å²) in [6.45, 7) is 0.794. The zero-order valence-corrected chi connectivity index (χ0v) is 11.0. The number of alkyl halides is 1. The standard InChI is InChI=1S/C14H16ClN3/c15-7-6-14-10-18(17-16-14)9-11-4-5-12-2-1-3-13(12)8-11/h4-5,8,10H,1-3,6-7,9H2. The van der Waals surface area contributed by atoms with Gasteiger partial charge >= 0.3 is 0 Å². The minimum atomic E-state index is 0.595. The second-order valence-corrected chi connectivity index (χ2v) is 5.18. The number of nitrogens with zero attached hydrogens (tertiary/aromatic N) is 3. The van der Waals surface area contributed by atoms with Gasteiger partial charge in [-0.1, -0.05) is 23.4 Å². The lowest BCUT2D eigenvalue weighted by Gasteiger charge is -2.04. The van der Waals surface area contributed by atoms with Gasteiger partial charge in [0.05, 0.1) is 12.2 Å². The Balaban J connectivity index is 1.75. The Labute approximate surface area is 112 Å². The second-order valence-electron chi connectivity index (χ2n) is 4.80. The van der Waals surface area contributed by atoms with Crippen LogP contribution in [0, 0.1) is 0 Å². The van der Waals surface area contributed by atoms with Crippen LogP contribution in [0.3, 0.4) is 0 Å². The summed E-state index contributed by atoms with van der Waals surface area (Å²) in [5, 5.41) is 8.23. The Kier molecular flexibility index (Phi) is 3.33. The van der Waals surface area contributed by atoms with E-state index in [1.165, 1.54) is 36.0 Å². The Morgan fingerprint density at radius 1 is 1.22 bits per heavy atom. The van der Waals surface area contributed by atoms with E-state index in [2.05, 4.69) is 28.5 Å². The lowest BCUT2D eigenvalue weighted by molar-refractivity contribution is 0.649. The second kappa shape index (κ2) is 5.11. The highest BCUT2D eigenvalue weighted by molar-refractivity contribution is 6.17. The summed E-state index contributed by atoms with van der Waals surface area (Å²) < 4.78 is 1.89. The highest BCUT2D eigenvalue weighted by atomic mass is 35.5. The number of hydrogen-bond donors (Lipinski definition) is 0. The molecular formula is C14H16ClN3. The van der Waals surface area contributed by atoms with E-state index in [0.717, 1.165) is 18.7 Å². The van der Waals surface area contributed by atoms with Gasteiger partial charge in [-0.05, 0) is 36.0 Å². The first-order valence-corrected chi connectivity index (χ1v) is 6.94. The van der Waals surface area contributed by atoms with Crippen LogP contribution in [-0.2, 0) is 25.8 Å². The smallest absolute Gasteiger partial charge is 0.0839 e. The molecule has 0 saturated heterocycles. The molecule has 0 aliphatic heterocycles. The molecule has 0 N–H and O–H groups in total. The monoisotopic (exact) mass is 261 g/mol. The summed E-state index contributed by atoms with van der Waals surface area (Å²) in [5.41, 5.74) is 5.29. The molecule has 0 fully saturated rings. The van der Waals surface area contributed by atoms with Crippen molar-refractivity contribution < 1.29 is 0 Å². The molecular weight excluding hydrogens is 246 g/mol. The fourth-order valence-electron chi connectivity index (χ4n) is 2.54. The van der Waals surface area contributed by atoms with Gasteiger partial charge in [0.1, 0.15) is 0 Å². The predicted molar refractivity (Wildman–Crippen MR) is 72.0 cm³/mol. The van der Waals surface area contributed by atoms with Crippen LogP contribution < -0.4 is 0 Å². The molecule has 1 aliphatic carbocycles. The Hall–Kier alpha value is -1.35. The molecule has 0 unspecified atom stereocenters. The molecule has 1 aliphatic rings. The van der Waals surface area contributed by atoms with Crippen LogP contribution in [-0.4, -0.2) is 20.9 Å². The molecule has 0 amide bonds. The molecule has 2 aromatic rings. The molecule has 0 radical (unpaired) electrons. The van der Waals surface area contributed by atoms with Crippen LogP contribution in [0.5, 0.6) is 0 Å². The fraction of sp³-hybridized carbons (Fsp3) is 0.429. The van der Waals surface area contributed by atoms with E-state index in [-0.39, 0.29) is 0 Å². The van der Waals surface area contributed by atoms with Crippen molar-refractivity contribution in [3.63, 3.8) is 0 Å². The maximum atomic E-state index is 5.69. The lowest BCUT2D eigenvalue weighted by atomic mass is 10.1. The van der Waals surface area contributed by atoms with Crippen LogP contribution >= 0.6 is 11.6 Å². The number of fused-ring (bicyclic) bond motifs is 1. The summed E-state index contributed by atoms with van der Waals surface area (Å²) >= 11 is 5.69. The van der Waals surface area contributed by atoms with Crippen molar-refractivity contribution in [3.05, 3.63) is 46.8 Å². The van der Waals surface area contributed by atoms with Gasteiger partial charge in [0.15, 0.2) is 0 Å². The van der Waals surface area contributed by atoms with Gasteiger partial charge in [0.25, 0.3) is 0 Å². The lowest BCUT2D eigenvalue weighted by Crippen LogP contribution is -2.01. The van der Waals surface area contributed by atoms with E-state index in [4.69, 9.17) is 11.6 Å². The van der Waals surface area contributed by atoms with Crippen LogP contribution in [0.25, 0.3) is 0 Å². The zero-order valence-electron chi connectivity index (χ0n) is 10.3. The normalized spacial score (nSPS) is 13.8. The summed E-state index contributed by atoms with van der Waals surface area (Å²) in [6, 6.07) is 6.77. The predicted octanol–water partition coefficient (Wildman–Crippen LogP) is 2.60. The Bertz CT molecular complexity index is 548. The van der Waals surface area contributed by atoms with Crippen molar-refractivity contribution >= 4 is 11.6 Å². The third-order valence-electron chi connectivity index (χ3n) is 3.44. The largest absolute Gasteiger partial charge is 0.248 e. The molecule has 18 heavy (non-hydrogen) atoms. The minimum Gasteiger partial charge on any atom is -0.248 e. The van der Waals surface area contributed by atoms with Gasteiger partial charge in [-0.25, -0.2) is 4.68 Å². The molecule has 1 aromatic carbocycles. The highest BCUT2D eigenvalue weighted by Crippen LogP contribution is 2.23. The van der Waals surface area contributed by atoms with Crippen molar-refractivity contribution in [2.75, 3.05) is 5.88 Å². The average molecular weight is 262 g/mol. The Morgan fingerprint density at radius 2 is 2.11 bits per heavy atom. The van der Waals surface area contributed by atoms with E-state index in [1.54, 1.807) is 0 Å². The highest BCUT2D eigenvalue weighted by Gasteiger charge is 2.11. The SMILES string of the molecule is ClCCc1cn(Cc2ccc3c(c2)CCC3)nn1. The maximum Gasteiger partial charge on any atom is 0.0839 e. The van der Waals surface area contributed by atoms with E-state index in [9.17, 15) is 0 Å². The number of benzene rings is 1. The van der Waals surface area contributed by atoms with Gasteiger partial charge in [0.2, 0.25) is 0 Å². The number of aryl methyl sites for hydroxylation is 3. The molecule has 0 atom stereocenters. The van der Waals surface area contributed by atoms with E-state index in [1.807, 2.05) is 10.9 Å². The zero-order chi connectivity index (χ0) is 12.4. The molecule has 94 valence electrons. The summed E-state index contributed by atoms with van der Waals surface area (Å²) in [7, 11) is 0. The van der Waals surface area contributed by atoms with E-state index < -0.39 is 0 Å². The summed E-state index contributed by atoms with van der Waals surface area (Å²) in [6.07, 6.45) is 6.51. The number of rotatable bonds is 4. The molecule has 0 bridgehead atoms. The first kappa shape index (κ1) is 11.7. The first-order valence-electron chi connectivity index (χ1n) is 6.41. The van der Waals surface area contributed by atoms with Crippen molar-refractivity contribution in [2.24, 2.45) is 0 Å². The quantitative estimate of drug-likeness (QED) is 0.792. The molecule has 3 nitrogen and oxygen atoms in total. The van der Waals surface area contributed by atoms with Gasteiger partial charge in [0, 0.05) is 18.5 Å². The number of hydrogen-bond acceptors (Lipinski definition) is 2. The fourth-order valence-corrected chi connectivity index (χ4v) is 2.73. The van der Waals surface area contributed by atoms with Crippen molar-refractivity contribution in [3.8, 4) is 0 Å². The molecule has 3 rings (SSSR count). The molecule has 1 heterocycles. The minimum absolute atomic E-state index is 0.595. The summed E-state index contributed by atoms with van der Waals surface area (Å²) in [4.78, 5) is 0. The molecule has 1 aromatic heterocycles. The van der Waals surface area contributed by atoms with Crippen LogP contribution in [0.4, 0.5) is 0 Å². The molecule has 0 saturated carbocycles. The third kappa shape index (κ3) is 2.41. The molecule has 4 heteroatoms. The topological polar surface area (TPSA) is 30.7 Å². The number of aromatic nitrogens is 3. The first-order chi connectivity index (χ1) is 8.85. The van der Waals surface area contributed by atoms with Crippen LogP contribution in [0.15, 0.2) is 24.4 Å². The van der Waals surface area contributed by atoms with Crippen LogP contribution in [0.1, 0.15) is 28.8 Å². The third-order valence-corrected chi connectivity index (χ3v) is 3.63. The van der Waals surface area contributed by atoms with Gasteiger partial charge in [-0.2, -0.15) is 0 Å². The number of halogens is 1. The van der Waals surface area contributed by atoms with Crippen molar-refractivity contribution in [1.82, 2.24) is 15.0 Å². The van der Waals surface area contributed by atoms with E-state index >= 15 is 0 Å².